The predicted molar refractivity (Wildman–Crippen MR) is 198 cm³/mol. The van der Waals surface area contributed by atoms with Crippen LogP contribution in [0.2, 0.25) is 0 Å². The van der Waals surface area contributed by atoms with Crippen molar-refractivity contribution in [1.82, 2.24) is 31.9 Å². The average molecular weight is 799 g/mol. The second-order valence-electron chi connectivity index (χ2n) is 15.4. The topological polar surface area (TPSA) is 310 Å². The lowest BCUT2D eigenvalue weighted by molar-refractivity contribution is -0.149. The molecule has 4 aliphatic rings. The van der Waals surface area contributed by atoms with Crippen LogP contribution in [0.15, 0.2) is 20.5 Å². The summed E-state index contributed by atoms with van der Waals surface area (Å²) in [6.07, 6.45) is 3.42. The highest BCUT2D eigenvalue weighted by atomic mass is 16.5. The maximum Gasteiger partial charge on any atom is 0.306 e. The number of aliphatic carboxylic acids is 4. The Morgan fingerprint density at radius 2 is 1.21 bits per heavy atom. The first-order chi connectivity index (χ1) is 26.8. The van der Waals surface area contributed by atoms with E-state index >= 15 is 0 Å². The van der Waals surface area contributed by atoms with Gasteiger partial charge in [0, 0.05) is 32.8 Å². The van der Waals surface area contributed by atoms with E-state index in [2.05, 4.69) is 52.4 Å². The summed E-state index contributed by atoms with van der Waals surface area (Å²) < 4.78 is 11.8. The molecule has 0 radical (unpaired) electrons. The molecule has 1 saturated heterocycles. The highest BCUT2D eigenvalue weighted by molar-refractivity contribution is 5.74. The molecule has 4 rings (SSSR count). The Balaban J connectivity index is 1.29. The summed E-state index contributed by atoms with van der Waals surface area (Å²) in [4.78, 5) is 46.1. The maximum absolute atomic E-state index is 11.6. The van der Waals surface area contributed by atoms with E-state index in [1.807, 2.05) is 0 Å². The largest absolute Gasteiger partial charge is 0.481 e. The number of hydrogen-bond acceptors (Lipinski definition) is 17. The number of nitrogens with one attached hydrogen (secondary N) is 6. The summed E-state index contributed by atoms with van der Waals surface area (Å²) in [6, 6.07) is -0.815. The van der Waals surface area contributed by atoms with Gasteiger partial charge in [-0.3, -0.25) is 51.1 Å². The molecule has 1 aliphatic heterocycles. The predicted octanol–water partition coefficient (Wildman–Crippen LogP) is 0.313. The van der Waals surface area contributed by atoms with Gasteiger partial charge in [0.2, 0.25) is 0 Å². The van der Waals surface area contributed by atoms with Gasteiger partial charge < -0.3 is 35.0 Å². The fourth-order valence-corrected chi connectivity index (χ4v) is 8.15. The number of azo groups is 2. The Labute approximate surface area is 326 Å². The third kappa shape index (κ3) is 14.0. The molecule has 13 unspecified atom stereocenters. The van der Waals surface area contributed by atoms with Gasteiger partial charge in [-0.25, -0.2) is 0 Å². The highest BCUT2D eigenvalue weighted by Gasteiger charge is 2.39. The van der Waals surface area contributed by atoms with Gasteiger partial charge >= 0.3 is 23.9 Å². The van der Waals surface area contributed by atoms with Crippen LogP contribution in [0.25, 0.3) is 0 Å². The molecule has 13 atom stereocenters. The lowest BCUT2D eigenvalue weighted by atomic mass is 9.79. The minimum absolute atomic E-state index is 0.0354. The molecule has 1 heterocycles. The molecule has 21 heteroatoms. The number of carboxylic acid groups (broad SMARTS) is 4. The van der Waals surface area contributed by atoms with E-state index in [0.29, 0.717) is 32.2 Å². The van der Waals surface area contributed by atoms with Crippen molar-refractivity contribution in [2.45, 2.75) is 139 Å². The second kappa shape index (κ2) is 22.6. The van der Waals surface area contributed by atoms with Gasteiger partial charge in [-0.05, 0) is 70.6 Å². The van der Waals surface area contributed by atoms with Crippen molar-refractivity contribution in [2.75, 3.05) is 33.9 Å². The molecule has 0 aromatic rings. The van der Waals surface area contributed by atoms with Crippen molar-refractivity contribution < 1.29 is 54.2 Å². The van der Waals surface area contributed by atoms with Crippen molar-refractivity contribution >= 4 is 23.9 Å². The van der Waals surface area contributed by atoms with Crippen molar-refractivity contribution in [3.8, 4) is 0 Å². The van der Waals surface area contributed by atoms with E-state index in [0.717, 1.165) is 12.8 Å². The molecule has 11 N–H and O–H groups in total. The molecule has 56 heavy (non-hydrogen) atoms. The summed E-state index contributed by atoms with van der Waals surface area (Å²) in [7, 11) is 3.29. The molecular weight excluding hydrogens is 736 g/mol. The van der Waals surface area contributed by atoms with Gasteiger partial charge in [0.1, 0.15) is 18.9 Å². The molecule has 0 bridgehead atoms. The van der Waals surface area contributed by atoms with Crippen molar-refractivity contribution in [1.29, 1.82) is 0 Å². The number of ether oxygens (including phenoxy) is 2. The number of carbonyl (C=O) groups is 4. The summed E-state index contributed by atoms with van der Waals surface area (Å²) in [5.74, 6) is -7.16. The smallest absolute Gasteiger partial charge is 0.306 e. The van der Waals surface area contributed by atoms with Crippen LogP contribution < -0.4 is 31.9 Å². The van der Waals surface area contributed by atoms with E-state index in [4.69, 9.17) is 14.6 Å². The lowest BCUT2D eigenvalue weighted by Gasteiger charge is -2.45. The summed E-state index contributed by atoms with van der Waals surface area (Å²) >= 11 is 0. The Morgan fingerprint density at radius 1 is 0.696 bits per heavy atom. The lowest BCUT2D eigenvalue weighted by Crippen LogP contribution is -2.79. The molecule has 21 nitrogen and oxygen atoms in total. The molecule has 0 aromatic carbocycles. The van der Waals surface area contributed by atoms with Gasteiger partial charge in [0.05, 0.1) is 67.2 Å². The third-order valence-corrected chi connectivity index (χ3v) is 11.4. The first kappa shape index (κ1) is 45.4. The molecule has 3 saturated carbocycles. The highest BCUT2D eigenvalue weighted by Crippen LogP contribution is 2.33. The van der Waals surface area contributed by atoms with Crippen LogP contribution >= 0.6 is 0 Å². The summed E-state index contributed by atoms with van der Waals surface area (Å²) in [5.41, 5.74) is 0. The summed E-state index contributed by atoms with van der Waals surface area (Å²) in [6.45, 7) is 1.99. The fraction of sp³-hybridized carbons (Fsp3) is 0.886. The molecule has 0 amide bonds. The van der Waals surface area contributed by atoms with E-state index < -0.39 is 53.6 Å². The fourth-order valence-electron chi connectivity index (χ4n) is 8.15. The zero-order valence-electron chi connectivity index (χ0n) is 32.5. The van der Waals surface area contributed by atoms with Gasteiger partial charge in [-0.15, -0.1) is 0 Å². The van der Waals surface area contributed by atoms with Gasteiger partial charge in [-0.1, -0.05) is 6.92 Å². The van der Waals surface area contributed by atoms with Crippen molar-refractivity contribution in [3.63, 3.8) is 0 Å². The molecule has 4 fully saturated rings. The first-order valence-electron chi connectivity index (χ1n) is 19.7. The summed E-state index contributed by atoms with van der Waals surface area (Å²) in [5, 5.41) is 85.8. The second-order valence-corrected chi connectivity index (χ2v) is 15.4. The quantitative estimate of drug-likeness (QED) is 0.0697. The van der Waals surface area contributed by atoms with E-state index in [1.165, 1.54) is 6.92 Å². The van der Waals surface area contributed by atoms with Crippen LogP contribution in [-0.4, -0.2) is 145 Å². The standard InChI is InChI=1S/C35H62N10O11/c1-18(29(47)48)12-19(30(49)50)8-9-37-43-22-4-6-25(27(16-22)55-2)38-34-40-33(36-10-11-46)41-35(42-34)39-26-7-5-23(17-28(26)56-3)44-45-24-14-20(31(51)52)13-21(15-24)32(53)54/h18-28,33-36,38-42,46H,4-17H2,1-3H3,(H,47,48)(H,49,50)(H,51,52)(H,53,54). The Kier molecular flexibility index (Phi) is 18.3. The van der Waals surface area contributed by atoms with Gasteiger partial charge in [0.15, 0.2) is 0 Å². The van der Waals surface area contributed by atoms with E-state index in [9.17, 15) is 39.6 Å². The average Bonchev–Trinajstić information content (AvgIpc) is 3.17. The number of nitrogens with zero attached hydrogens (tertiary/aromatic N) is 4. The molecule has 0 spiro atoms. The van der Waals surface area contributed by atoms with Crippen LogP contribution in [-0.2, 0) is 28.7 Å². The number of rotatable bonds is 21. The number of aliphatic hydroxyl groups is 1. The van der Waals surface area contributed by atoms with Gasteiger partial charge in [0.25, 0.3) is 0 Å². The molecule has 0 aromatic heterocycles. The number of methoxy groups -OCH3 is 2. The Morgan fingerprint density at radius 3 is 1.70 bits per heavy atom. The van der Waals surface area contributed by atoms with Gasteiger partial charge in [-0.2, -0.15) is 20.5 Å². The number of hydrogen-bond donors (Lipinski definition) is 11. The minimum atomic E-state index is -1.04. The van der Waals surface area contributed by atoms with Crippen LogP contribution in [0.3, 0.4) is 0 Å². The molecular formula is C35H62N10O11. The first-order valence-corrected chi connectivity index (χ1v) is 19.7. The van der Waals surface area contributed by atoms with E-state index in [-0.39, 0.29) is 101 Å². The van der Waals surface area contributed by atoms with Crippen molar-refractivity contribution in [2.24, 2.45) is 44.1 Å². The minimum Gasteiger partial charge on any atom is -0.481 e. The third-order valence-electron chi connectivity index (χ3n) is 11.4. The molecule has 318 valence electrons. The number of aliphatic hydroxyl groups excluding tert-OH is 1. The molecule has 3 aliphatic carbocycles. The Hall–Kier alpha value is -3.28. The SMILES string of the molecule is COC1CC(N=NCCC(CC(C)C(=O)O)C(=O)O)CCC1NC1NC(NCCO)NC(NC2CCC(N=NC3CC(C(=O)O)CC(C(=O)O)C3)CC2OC)N1. The maximum atomic E-state index is 11.6. The monoisotopic (exact) mass is 798 g/mol. The zero-order chi connectivity index (χ0) is 40.8. The normalized spacial score (nSPS) is 35.3. The van der Waals surface area contributed by atoms with Crippen LogP contribution in [0.1, 0.15) is 77.6 Å². The van der Waals surface area contributed by atoms with Crippen LogP contribution in [0.5, 0.6) is 0 Å². The van der Waals surface area contributed by atoms with E-state index in [1.54, 1.807) is 14.2 Å². The zero-order valence-corrected chi connectivity index (χ0v) is 32.5. The Bertz CT molecular complexity index is 1320. The van der Waals surface area contributed by atoms with Crippen molar-refractivity contribution in [3.05, 3.63) is 0 Å². The van der Waals surface area contributed by atoms with Crippen LogP contribution in [0.4, 0.5) is 0 Å². The number of carboxylic acids is 4. The van der Waals surface area contributed by atoms with Crippen LogP contribution in [0, 0.1) is 23.7 Å².